The number of para-hydroxylation sites is 1. The van der Waals surface area contributed by atoms with Crippen LogP contribution in [0.1, 0.15) is 15.9 Å². The average Bonchev–Trinajstić information content (AvgIpc) is 3.03. The Morgan fingerprint density at radius 2 is 2.08 bits per heavy atom. The fraction of sp³-hybridized carbons (Fsp3) is 0.0526. The Labute approximate surface area is 147 Å². The lowest BCUT2D eigenvalue weighted by Crippen LogP contribution is -2.01. The Balaban J connectivity index is 2.01. The highest BCUT2D eigenvalue weighted by Crippen LogP contribution is 2.27. The summed E-state index contributed by atoms with van der Waals surface area (Å²) in [6.45, 7) is 0. The molecule has 0 fully saturated rings. The zero-order valence-corrected chi connectivity index (χ0v) is 14.4. The average molecular weight is 381 g/mol. The van der Waals surface area contributed by atoms with E-state index in [-0.39, 0.29) is 11.4 Å². The first kappa shape index (κ1) is 16.0. The van der Waals surface area contributed by atoms with Crippen LogP contribution in [0.2, 0.25) is 0 Å². The van der Waals surface area contributed by atoms with Crippen LogP contribution in [-0.4, -0.2) is 17.9 Å². The van der Waals surface area contributed by atoms with Gasteiger partial charge in [0.25, 0.3) is 0 Å². The summed E-state index contributed by atoms with van der Waals surface area (Å²) in [5.74, 6) is 0.385. The molecule has 2 aromatic carbocycles. The number of allylic oxidation sites excluding steroid dienone is 1. The zero-order valence-electron chi connectivity index (χ0n) is 12.8. The standard InChI is InChI=1S/C19H13BrN2O2/c1-24-18-7-6-12(9-16(18)20)8-13(10-21)19(23)15-11-22-17-5-3-2-4-14(15)17/h2-9,11,22H,1H3/b13-8+. The number of rotatable bonds is 4. The summed E-state index contributed by atoms with van der Waals surface area (Å²) >= 11 is 3.40. The van der Waals surface area contributed by atoms with Crippen molar-refractivity contribution in [3.63, 3.8) is 0 Å². The van der Waals surface area contributed by atoms with Crippen molar-refractivity contribution in [2.24, 2.45) is 0 Å². The maximum Gasteiger partial charge on any atom is 0.205 e. The molecule has 0 saturated heterocycles. The van der Waals surface area contributed by atoms with Gasteiger partial charge < -0.3 is 9.72 Å². The number of Topliss-reactive ketones (excluding diaryl/α,β-unsaturated/α-hetero) is 1. The van der Waals surface area contributed by atoms with Gasteiger partial charge in [0, 0.05) is 22.7 Å². The molecular formula is C19H13BrN2O2. The van der Waals surface area contributed by atoms with Gasteiger partial charge in [0.15, 0.2) is 0 Å². The topological polar surface area (TPSA) is 65.9 Å². The summed E-state index contributed by atoms with van der Waals surface area (Å²) in [6.07, 6.45) is 3.22. The molecule has 3 aromatic rings. The van der Waals surface area contributed by atoms with Crippen LogP contribution in [0, 0.1) is 11.3 Å². The Morgan fingerprint density at radius 3 is 2.79 bits per heavy atom. The lowest BCUT2D eigenvalue weighted by molar-refractivity contribution is 0.104. The minimum absolute atomic E-state index is 0.0804. The molecule has 4 nitrogen and oxygen atoms in total. The molecule has 0 spiro atoms. The number of hydrogen-bond donors (Lipinski definition) is 1. The van der Waals surface area contributed by atoms with Crippen LogP contribution in [0.3, 0.4) is 0 Å². The van der Waals surface area contributed by atoms with E-state index in [4.69, 9.17) is 4.74 Å². The molecule has 0 radical (unpaired) electrons. The van der Waals surface area contributed by atoms with Gasteiger partial charge in [-0.15, -0.1) is 0 Å². The molecule has 5 heteroatoms. The number of benzene rings is 2. The molecule has 0 saturated carbocycles. The van der Waals surface area contributed by atoms with Crippen LogP contribution in [0.4, 0.5) is 0 Å². The number of nitrogens with zero attached hydrogens (tertiary/aromatic N) is 1. The summed E-state index contributed by atoms with van der Waals surface area (Å²) in [5.41, 5.74) is 2.18. The third kappa shape index (κ3) is 2.97. The highest BCUT2D eigenvalue weighted by molar-refractivity contribution is 9.10. The maximum absolute atomic E-state index is 12.7. The molecule has 0 atom stereocenters. The van der Waals surface area contributed by atoms with Crippen LogP contribution in [0.5, 0.6) is 5.75 Å². The van der Waals surface area contributed by atoms with Gasteiger partial charge >= 0.3 is 0 Å². The molecular weight excluding hydrogens is 368 g/mol. The predicted octanol–water partition coefficient (Wildman–Crippen LogP) is 4.73. The molecule has 1 N–H and O–H groups in total. The fourth-order valence-electron chi connectivity index (χ4n) is 2.49. The van der Waals surface area contributed by atoms with Gasteiger partial charge in [0.05, 0.1) is 11.6 Å². The predicted molar refractivity (Wildman–Crippen MR) is 96.9 cm³/mol. The van der Waals surface area contributed by atoms with E-state index in [9.17, 15) is 10.1 Å². The summed E-state index contributed by atoms with van der Waals surface area (Å²) in [4.78, 5) is 15.8. The van der Waals surface area contributed by atoms with E-state index in [1.165, 1.54) is 0 Å². The van der Waals surface area contributed by atoms with Gasteiger partial charge in [-0.2, -0.15) is 5.26 Å². The molecule has 0 aliphatic carbocycles. The Hall–Kier alpha value is -2.84. The third-order valence-corrected chi connectivity index (χ3v) is 4.31. The van der Waals surface area contributed by atoms with Gasteiger partial charge in [-0.25, -0.2) is 0 Å². The number of fused-ring (bicyclic) bond motifs is 1. The van der Waals surface area contributed by atoms with Crippen LogP contribution in [-0.2, 0) is 0 Å². The number of hydrogen-bond acceptors (Lipinski definition) is 3. The fourth-order valence-corrected chi connectivity index (χ4v) is 3.05. The van der Waals surface area contributed by atoms with Crippen LogP contribution < -0.4 is 4.74 Å². The number of carbonyl (C=O) groups is 1. The highest BCUT2D eigenvalue weighted by atomic mass is 79.9. The van der Waals surface area contributed by atoms with Gasteiger partial charge in [-0.05, 0) is 45.8 Å². The van der Waals surface area contributed by atoms with Crippen molar-refractivity contribution in [1.82, 2.24) is 4.98 Å². The summed E-state index contributed by atoms with van der Waals surface area (Å²) in [6, 6.07) is 14.9. The van der Waals surface area contributed by atoms with Crippen molar-refractivity contribution in [2.45, 2.75) is 0 Å². The third-order valence-electron chi connectivity index (χ3n) is 3.69. The van der Waals surface area contributed by atoms with E-state index < -0.39 is 0 Å². The second-order valence-electron chi connectivity index (χ2n) is 5.14. The lowest BCUT2D eigenvalue weighted by Gasteiger charge is -2.04. The maximum atomic E-state index is 12.7. The molecule has 24 heavy (non-hydrogen) atoms. The molecule has 0 unspecified atom stereocenters. The number of aromatic nitrogens is 1. The van der Waals surface area contributed by atoms with Gasteiger partial charge in [0.1, 0.15) is 17.4 Å². The second kappa shape index (κ2) is 6.73. The van der Waals surface area contributed by atoms with Crippen LogP contribution in [0.15, 0.2) is 58.7 Å². The van der Waals surface area contributed by atoms with Gasteiger partial charge in [0.2, 0.25) is 5.78 Å². The SMILES string of the molecule is COc1ccc(/C=C(\C#N)C(=O)c2c[nH]c3ccccc23)cc1Br. The van der Waals surface area contributed by atoms with E-state index in [2.05, 4.69) is 20.9 Å². The van der Waals surface area contributed by atoms with Crippen molar-refractivity contribution >= 4 is 38.7 Å². The monoisotopic (exact) mass is 380 g/mol. The van der Waals surface area contributed by atoms with Crippen molar-refractivity contribution in [3.05, 3.63) is 69.8 Å². The molecule has 0 bridgehead atoms. The number of aromatic amines is 1. The normalized spacial score (nSPS) is 11.3. The van der Waals surface area contributed by atoms with Gasteiger partial charge in [-0.1, -0.05) is 24.3 Å². The van der Waals surface area contributed by atoms with Crippen molar-refractivity contribution < 1.29 is 9.53 Å². The molecule has 0 aliphatic heterocycles. The Kier molecular flexibility index (Phi) is 4.50. The van der Waals surface area contributed by atoms with Crippen LogP contribution >= 0.6 is 15.9 Å². The number of ketones is 1. The van der Waals surface area contributed by atoms with E-state index in [0.717, 1.165) is 20.9 Å². The number of carbonyl (C=O) groups excluding carboxylic acids is 1. The minimum atomic E-state index is -0.304. The largest absolute Gasteiger partial charge is 0.496 e. The lowest BCUT2D eigenvalue weighted by atomic mass is 10.0. The molecule has 1 heterocycles. The number of nitrogens with one attached hydrogen (secondary N) is 1. The molecule has 118 valence electrons. The molecule has 0 aliphatic rings. The molecule has 3 rings (SSSR count). The summed E-state index contributed by atoms with van der Waals surface area (Å²) in [7, 11) is 1.58. The van der Waals surface area contributed by atoms with Crippen molar-refractivity contribution in [3.8, 4) is 11.8 Å². The highest BCUT2D eigenvalue weighted by Gasteiger charge is 2.16. The van der Waals surface area contributed by atoms with E-state index in [1.54, 1.807) is 37.6 Å². The number of H-pyrrole nitrogens is 1. The molecule has 0 amide bonds. The Bertz CT molecular complexity index is 996. The first-order chi connectivity index (χ1) is 11.6. The number of nitriles is 1. The first-order valence-electron chi connectivity index (χ1n) is 7.20. The van der Waals surface area contributed by atoms with Crippen molar-refractivity contribution in [2.75, 3.05) is 7.11 Å². The quantitative estimate of drug-likeness (QED) is 0.404. The van der Waals surface area contributed by atoms with E-state index in [1.807, 2.05) is 30.3 Å². The van der Waals surface area contributed by atoms with Gasteiger partial charge in [-0.3, -0.25) is 4.79 Å². The van der Waals surface area contributed by atoms with E-state index >= 15 is 0 Å². The number of ether oxygens (including phenoxy) is 1. The Morgan fingerprint density at radius 1 is 1.29 bits per heavy atom. The summed E-state index contributed by atoms with van der Waals surface area (Å²) in [5, 5.41) is 10.2. The smallest absolute Gasteiger partial charge is 0.205 e. The zero-order chi connectivity index (χ0) is 17.1. The minimum Gasteiger partial charge on any atom is -0.496 e. The number of halogens is 1. The van der Waals surface area contributed by atoms with Crippen LogP contribution in [0.25, 0.3) is 17.0 Å². The van der Waals surface area contributed by atoms with Crippen molar-refractivity contribution in [1.29, 1.82) is 5.26 Å². The summed E-state index contributed by atoms with van der Waals surface area (Å²) < 4.78 is 5.94. The first-order valence-corrected chi connectivity index (χ1v) is 7.99. The molecule has 1 aromatic heterocycles. The number of methoxy groups -OCH3 is 1. The second-order valence-corrected chi connectivity index (χ2v) is 6.00. The van der Waals surface area contributed by atoms with E-state index in [0.29, 0.717) is 11.3 Å².